The first-order chi connectivity index (χ1) is 12.0. The van der Waals surface area contributed by atoms with Gasteiger partial charge in [0.1, 0.15) is 5.82 Å². The van der Waals surface area contributed by atoms with Crippen LogP contribution in [0.4, 0.5) is 4.39 Å². The van der Waals surface area contributed by atoms with E-state index in [9.17, 15) is 9.18 Å². The maximum atomic E-state index is 13.8. The second kappa shape index (κ2) is 7.99. The number of amides is 1. The van der Waals surface area contributed by atoms with Crippen LogP contribution < -0.4 is 5.32 Å². The van der Waals surface area contributed by atoms with Gasteiger partial charge in [-0.2, -0.15) is 0 Å². The van der Waals surface area contributed by atoms with Gasteiger partial charge in [-0.05, 0) is 37.8 Å². The first-order valence-corrected chi connectivity index (χ1v) is 9.57. The number of nitrogens with one attached hydrogen (secondary N) is 2. The number of carbonyl (C=O) groups excluding carboxylic acids is 1. The summed E-state index contributed by atoms with van der Waals surface area (Å²) in [5.41, 5.74) is 0.370. The molecular formula is C18H23FN4OS. The molecule has 2 aromatic rings. The van der Waals surface area contributed by atoms with Gasteiger partial charge in [-0.1, -0.05) is 43.7 Å². The number of aromatic nitrogens is 3. The lowest BCUT2D eigenvalue weighted by Gasteiger charge is -2.30. The van der Waals surface area contributed by atoms with Crippen molar-refractivity contribution in [3.05, 3.63) is 30.1 Å². The summed E-state index contributed by atoms with van der Waals surface area (Å²) < 4.78 is 13.8. The van der Waals surface area contributed by atoms with Crippen LogP contribution in [-0.2, 0) is 4.79 Å². The Labute approximate surface area is 151 Å². The first-order valence-electron chi connectivity index (χ1n) is 8.69. The van der Waals surface area contributed by atoms with Gasteiger partial charge in [0.05, 0.1) is 10.8 Å². The average Bonchev–Trinajstić information content (AvgIpc) is 3.05. The van der Waals surface area contributed by atoms with Crippen molar-refractivity contribution < 1.29 is 9.18 Å². The highest BCUT2D eigenvalue weighted by Gasteiger charge is 2.26. The van der Waals surface area contributed by atoms with Crippen molar-refractivity contribution in [1.29, 1.82) is 0 Å². The van der Waals surface area contributed by atoms with Gasteiger partial charge in [0, 0.05) is 6.04 Å². The molecule has 134 valence electrons. The fraction of sp³-hybridized carbons (Fsp3) is 0.500. The molecule has 2 N–H and O–H groups in total. The van der Waals surface area contributed by atoms with Gasteiger partial charge in [0.25, 0.3) is 0 Å². The average molecular weight is 362 g/mol. The van der Waals surface area contributed by atoms with E-state index in [0.29, 0.717) is 22.5 Å². The van der Waals surface area contributed by atoms with Gasteiger partial charge in [0.2, 0.25) is 11.1 Å². The van der Waals surface area contributed by atoms with E-state index in [1.807, 2.05) is 6.92 Å². The van der Waals surface area contributed by atoms with Crippen LogP contribution in [0.25, 0.3) is 11.4 Å². The molecule has 5 nitrogen and oxygen atoms in total. The lowest BCUT2D eigenvalue weighted by Crippen LogP contribution is -2.44. The number of rotatable bonds is 5. The van der Waals surface area contributed by atoms with Crippen LogP contribution in [-0.4, -0.2) is 32.4 Å². The van der Waals surface area contributed by atoms with Crippen LogP contribution >= 0.6 is 11.8 Å². The van der Waals surface area contributed by atoms with E-state index in [2.05, 4.69) is 27.4 Å². The van der Waals surface area contributed by atoms with Crippen molar-refractivity contribution in [3.63, 3.8) is 0 Å². The van der Waals surface area contributed by atoms with Gasteiger partial charge < -0.3 is 5.32 Å². The normalized spacial score (nSPS) is 21.7. The van der Waals surface area contributed by atoms with Crippen LogP contribution in [0.15, 0.2) is 29.4 Å². The summed E-state index contributed by atoms with van der Waals surface area (Å²) >= 11 is 1.27. The molecule has 1 fully saturated rings. The van der Waals surface area contributed by atoms with Crippen LogP contribution in [0, 0.1) is 11.7 Å². The standard InChI is InChI=1S/C18H23FN4OS/c1-11-7-3-6-10-15(11)20-17(24)12(2)25-18-21-16(22-23-18)13-8-4-5-9-14(13)19/h4-5,8-9,11-12,15H,3,6-7,10H2,1-2H3,(H,20,24)(H,21,22,23). The van der Waals surface area contributed by atoms with E-state index in [0.717, 1.165) is 6.42 Å². The summed E-state index contributed by atoms with van der Waals surface area (Å²) in [6.07, 6.45) is 4.62. The van der Waals surface area contributed by atoms with E-state index in [4.69, 9.17) is 0 Å². The quantitative estimate of drug-likeness (QED) is 0.794. The third kappa shape index (κ3) is 4.39. The number of nitrogens with zero attached hydrogens (tertiary/aromatic N) is 2. The third-order valence-electron chi connectivity index (χ3n) is 4.68. The molecule has 0 aliphatic heterocycles. The lowest BCUT2D eigenvalue weighted by molar-refractivity contribution is -0.121. The zero-order chi connectivity index (χ0) is 17.8. The van der Waals surface area contributed by atoms with Gasteiger partial charge >= 0.3 is 0 Å². The van der Waals surface area contributed by atoms with E-state index < -0.39 is 0 Å². The molecule has 0 saturated heterocycles. The zero-order valence-electron chi connectivity index (χ0n) is 14.5. The number of aromatic amines is 1. The fourth-order valence-electron chi connectivity index (χ4n) is 3.12. The van der Waals surface area contributed by atoms with Crippen molar-refractivity contribution in [2.24, 2.45) is 5.92 Å². The van der Waals surface area contributed by atoms with Gasteiger partial charge in [-0.3, -0.25) is 9.89 Å². The minimum absolute atomic E-state index is 0.000918. The lowest BCUT2D eigenvalue weighted by atomic mass is 9.86. The van der Waals surface area contributed by atoms with Crippen LogP contribution in [0.1, 0.15) is 39.5 Å². The highest BCUT2D eigenvalue weighted by molar-refractivity contribution is 8.00. The number of hydrogen-bond donors (Lipinski definition) is 2. The Hall–Kier alpha value is -1.89. The monoisotopic (exact) mass is 362 g/mol. The smallest absolute Gasteiger partial charge is 0.233 e. The summed E-state index contributed by atoms with van der Waals surface area (Å²) in [7, 11) is 0. The Morgan fingerprint density at radius 1 is 1.36 bits per heavy atom. The molecule has 0 bridgehead atoms. The highest BCUT2D eigenvalue weighted by Crippen LogP contribution is 2.26. The Morgan fingerprint density at radius 3 is 2.88 bits per heavy atom. The molecule has 1 aliphatic rings. The molecule has 1 saturated carbocycles. The summed E-state index contributed by atoms with van der Waals surface area (Å²) in [4.78, 5) is 16.7. The summed E-state index contributed by atoms with van der Waals surface area (Å²) in [6.45, 7) is 4.03. The first kappa shape index (κ1) is 17.9. The van der Waals surface area contributed by atoms with Crippen LogP contribution in [0.2, 0.25) is 0 Å². The number of H-pyrrole nitrogens is 1. The molecule has 3 unspecified atom stereocenters. The fourth-order valence-corrected chi connectivity index (χ4v) is 3.85. The van der Waals surface area contributed by atoms with E-state index >= 15 is 0 Å². The Morgan fingerprint density at radius 2 is 2.12 bits per heavy atom. The number of thioether (sulfide) groups is 1. The Bertz CT molecular complexity index is 735. The van der Waals surface area contributed by atoms with Gasteiger partial charge in [-0.25, -0.2) is 9.37 Å². The molecule has 7 heteroatoms. The van der Waals surface area contributed by atoms with Crippen molar-refractivity contribution >= 4 is 17.7 Å². The minimum Gasteiger partial charge on any atom is -0.352 e. The molecular weight excluding hydrogens is 339 g/mol. The van der Waals surface area contributed by atoms with Crippen molar-refractivity contribution in [1.82, 2.24) is 20.5 Å². The summed E-state index contributed by atoms with van der Waals surface area (Å²) in [6, 6.07) is 6.65. The molecule has 1 aromatic heterocycles. The number of halogens is 1. The van der Waals surface area contributed by atoms with Crippen LogP contribution in [0.5, 0.6) is 0 Å². The number of carbonyl (C=O) groups is 1. The Balaban J connectivity index is 1.60. The predicted octanol–water partition coefficient (Wildman–Crippen LogP) is 3.79. The number of benzene rings is 1. The summed E-state index contributed by atoms with van der Waals surface area (Å²) in [5, 5.41) is 10.1. The van der Waals surface area contributed by atoms with Gasteiger partial charge in [-0.15, -0.1) is 5.10 Å². The SMILES string of the molecule is CC(Sc1n[nH]c(-c2ccccc2F)n1)C(=O)NC1CCCCC1C. The molecule has 25 heavy (non-hydrogen) atoms. The van der Waals surface area contributed by atoms with E-state index in [1.54, 1.807) is 18.2 Å². The zero-order valence-corrected chi connectivity index (χ0v) is 15.3. The molecule has 1 aromatic carbocycles. The van der Waals surface area contributed by atoms with Crippen LogP contribution in [0.3, 0.4) is 0 Å². The van der Waals surface area contributed by atoms with E-state index in [1.165, 1.54) is 37.1 Å². The van der Waals surface area contributed by atoms with E-state index in [-0.39, 0.29) is 23.0 Å². The maximum absolute atomic E-state index is 13.8. The Kier molecular flexibility index (Phi) is 5.73. The van der Waals surface area contributed by atoms with Crippen molar-refractivity contribution in [3.8, 4) is 11.4 Å². The predicted molar refractivity (Wildman–Crippen MR) is 96.7 cm³/mol. The molecule has 0 spiro atoms. The molecule has 1 aliphatic carbocycles. The molecule has 3 atom stereocenters. The molecule has 0 radical (unpaired) electrons. The molecule has 3 rings (SSSR count). The van der Waals surface area contributed by atoms with Gasteiger partial charge in [0.15, 0.2) is 5.82 Å². The third-order valence-corrected chi connectivity index (χ3v) is 5.65. The largest absolute Gasteiger partial charge is 0.352 e. The van der Waals surface area contributed by atoms with Crippen molar-refractivity contribution in [2.75, 3.05) is 0 Å². The second-order valence-electron chi connectivity index (χ2n) is 6.58. The maximum Gasteiger partial charge on any atom is 0.233 e. The topological polar surface area (TPSA) is 70.7 Å². The summed E-state index contributed by atoms with van der Waals surface area (Å²) in [5.74, 6) is 0.536. The molecule has 1 heterocycles. The molecule has 1 amide bonds. The van der Waals surface area contributed by atoms with Crippen molar-refractivity contribution in [2.45, 2.75) is 56.0 Å². The minimum atomic E-state index is -0.354. The number of hydrogen-bond acceptors (Lipinski definition) is 4. The highest BCUT2D eigenvalue weighted by atomic mass is 32.2. The second-order valence-corrected chi connectivity index (χ2v) is 7.89.